The van der Waals surface area contributed by atoms with E-state index < -0.39 is 30.0 Å². The third kappa shape index (κ3) is 2.92. The number of likely N-dealkylation sites (tertiary alicyclic amines) is 1. The van der Waals surface area contributed by atoms with Crippen LogP contribution in [-0.2, 0) is 14.4 Å². The first kappa shape index (κ1) is 12.9. The summed E-state index contributed by atoms with van der Waals surface area (Å²) in [6.45, 7) is 1.29. The number of nitrogens with zero attached hydrogens (tertiary/aromatic N) is 1. The third-order valence-electron chi connectivity index (χ3n) is 2.40. The normalized spacial score (nSPS) is 21.3. The first-order valence-corrected chi connectivity index (χ1v) is 4.93. The lowest BCUT2D eigenvalue weighted by Gasteiger charge is -2.14. The monoisotopic (exact) mass is 243 g/mol. The molecule has 0 aromatic rings. The van der Waals surface area contributed by atoms with Crippen LogP contribution in [-0.4, -0.2) is 53.0 Å². The molecule has 1 fully saturated rings. The highest BCUT2D eigenvalue weighted by Crippen LogP contribution is 2.10. The maximum absolute atomic E-state index is 11.4. The average Bonchev–Trinajstić information content (AvgIpc) is 2.46. The third-order valence-corrected chi connectivity index (χ3v) is 2.40. The number of carbonyl (C=O) groups excluding carboxylic acids is 3. The van der Waals surface area contributed by atoms with Crippen LogP contribution in [0.15, 0.2) is 0 Å². The van der Waals surface area contributed by atoms with Gasteiger partial charge in [-0.3, -0.25) is 19.3 Å². The van der Waals surface area contributed by atoms with Gasteiger partial charge in [0.15, 0.2) is 0 Å². The molecule has 1 saturated heterocycles. The number of hydrogen-bond donors (Lipinski definition) is 3. The molecular weight excluding hydrogens is 230 g/mol. The number of rotatable bonds is 3. The predicted molar refractivity (Wildman–Crippen MR) is 54.9 cm³/mol. The quantitative estimate of drug-likeness (QED) is 0.522. The number of carboxylic acids is 1. The molecule has 8 nitrogen and oxygen atoms in total. The van der Waals surface area contributed by atoms with E-state index in [-0.39, 0.29) is 12.3 Å². The number of likely N-dealkylation sites (N-methyl/N-ethyl adjacent to an activating group) is 1. The van der Waals surface area contributed by atoms with Gasteiger partial charge in [0.05, 0.1) is 6.42 Å². The zero-order chi connectivity index (χ0) is 13.2. The summed E-state index contributed by atoms with van der Waals surface area (Å²) in [5, 5.41) is 12.9. The van der Waals surface area contributed by atoms with Crippen LogP contribution in [0.1, 0.15) is 13.3 Å². The molecule has 94 valence electrons. The van der Waals surface area contributed by atoms with Crippen molar-refractivity contribution in [3.63, 3.8) is 0 Å². The molecule has 2 atom stereocenters. The molecule has 0 aromatic carbocycles. The van der Waals surface area contributed by atoms with Crippen LogP contribution < -0.4 is 10.6 Å². The summed E-state index contributed by atoms with van der Waals surface area (Å²) < 4.78 is 0. The van der Waals surface area contributed by atoms with Crippen molar-refractivity contribution in [1.82, 2.24) is 15.5 Å². The second-order valence-corrected chi connectivity index (χ2v) is 3.73. The van der Waals surface area contributed by atoms with Gasteiger partial charge in [0.1, 0.15) is 12.1 Å². The molecular formula is C9H13N3O5. The van der Waals surface area contributed by atoms with E-state index in [4.69, 9.17) is 5.11 Å². The molecule has 3 N–H and O–H groups in total. The number of aliphatic carboxylic acids is 1. The molecule has 1 unspecified atom stereocenters. The summed E-state index contributed by atoms with van der Waals surface area (Å²) in [6, 6.07) is -2.78. The van der Waals surface area contributed by atoms with Gasteiger partial charge in [-0.25, -0.2) is 4.79 Å². The Kier molecular flexibility index (Phi) is 3.66. The molecule has 17 heavy (non-hydrogen) atoms. The largest absolute Gasteiger partial charge is 0.480 e. The van der Waals surface area contributed by atoms with Crippen molar-refractivity contribution in [3.8, 4) is 0 Å². The SMILES string of the molecule is C[C@@H](NC(=O)NC1CC(=O)N(C)C1=O)C(=O)O. The number of carboxylic acid groups (broad SMARTS) is 1. The first-order valence-electron chi connectivity index (χ1n) is 4.93. The highest BCUT2D eigenvalue weighted by Gasteiger charge is 2.37. The minimum atomic E-state index is -1.19. The molecule has 4 amide bonds. The molecule has 1 aliphatic rings. The van der Waals surface area contributed by atoms with Gasteiger partial charge in [-0.15, -0.1) is 0 Å². The van der Waals surface area contributed by atoms with Crippen LogP contribution >= 0.6 is 0 Å². The van der Waals surface area contributed by atoms with Crippen molar-refractivity contribution in [2.24, 2.45) is 0 Å². The Morgan fingerprint density at radius 1 is 1.47 bits per heavy atom. The van der Waals surface area contributed by atoms with Gasteiger partial charge in [-0.1, -0.05) is 0 Å². The van der Waals surface area contributed by atoms with E-state index in [1.165, 1.54) is 14.0 Å². The fourth-order valence-corrected chi connectivity index (χ4v) is 1.33. The van der Waals surface area contributed by atoms with Gasteiger partial charge < -0.3 is 15.7 Å². The van der Waals surface area contributed by atoms with E-state index in [9.17, 15) is 19.2 Å². The van der Waals surface area contributed by atoms with Crippen LogP contribution in [0.25, 0.3) is 0 Å². The van der Waals surface area contributed by atoms with E-state index in [1.54, 1.807) is 0 Å². The Morgan fingerprint density at radius 2 is 2.06 bits per heavy atom. The summed E-state index contributed by atoms with van der Waals surface area (Å²) in [5.41, 5.74) is 0. The van der Waals surface area contributed by atoms with E-state index >= 15 is 0 Å². The Balaban J connectivity index is 2.50. The fraction of sp³-hybridized carbons (Fsp3) is 0.556. The Bertz CT molecular complexity index is 381. The fourth-order valence-electron chi connectivity index (χ4n) is 1.33. The van der Waals surface area contributed by atoms with Crippen LogP contribution in [0.5, 0.6) is 0 Å². The van der Waals surface area contributed by atoms with Gasteiger partial charge in [0.25, 0.3) is 5.91 Å². The maximum Gasteiger partial charge on any atom is 0.325 e. The summed E-state index contributed by atoms with van der Waals surface area (Å²) in [7, 11) is 1.32. The lowest BCUT2D eigenvalue weighted by atomic mass is 10.2. The van der Waals surface area contributed by atoms with Crippen molar-refractivity contribution >= 4 is 23.8 Å². The number of carbonyl (C=O) groups is 4. The van der Waals surface area contributed by atoms with Crippen molar-refractivity contribution in [3.05, 3.63) is 0 Å². The standard InChI is InChI=1S/C9H13N3O5/c1-4(8(15)16)10-9(17)11-5-3-6(13)12(2)7(5)14/h4-5H,3H2,1-2H3,(H,15,16)(H2,10,11,17)/t4-,5?/m1/s1. The number of amides is 4. The lowest BCUT2D eigenvalue weighted by molar-refractivity contribution is -0.139. The minimum Gasteiger partial charge on any atom is -0.480 e. The van der Waals surface area contributed by atoms with Crippen molar-refractivity contribution < 1.29 is 24.3 Å². The van der Waals surface area contributed by atoms with Crippen molar-refractivity contribution in [1.29, 1.82) is 0 Å². The topological polar surface area (TPSA) is 116 Å². The lowest BCUT2D eigenvalue weighted by Crippen LogP contribution is -2.49. The first-order chi connectivity index (χ1) is 7.82. The molecule has 0 saturated carbocycles. The van der Waals surface area contributed by atoms with Gasteiger partial charge in [-0.2, -0.15) is 0 Å². The summed E-state index contributed by atoms with van der Waals surface area (Å²) in [4.78, 5) is 45.3. The van der Waals surface area contributed by atoms with Crippen LogP contribution in [0, 0.1) is 0 Å². The van der Waals surface area contributed by atoms with Crippen molar-refractivity contribution in [2.75, 3.05) is 7.05 Å². The van der Waals surface area contributed by atoms with Gasteiger partial charge >= 0.3 is 12.0 Å². The van der Waals surface area contributed by atoms with E-state index in [0.29, 0.717) is 0 Å². The number of nitrogens with one attached hydrogen (secondary N) is 2. The van der Waals surface area contributed by atoms with Crippen LogP contribution in [0.2, 0.25) is 0 Å². The average molecular weight is 243 g/mol. The second-order valence-electron chi connectivity index (χ2n) is 3.73. The van der Waals surface area contributed by atoms with E-state index in [0.717, 1.165) is 4.90 Å². The number of hydrogen-bond acceptors (Lipinski definition) is 4. The van der Waals surface area contributed by atoms with Crippen LogP contribution in [0.4, 0.5) is 4.79 Å². The number of imide groups is 1. The Labute approximate surface area is 97.0 Å². The molecule has 0 aliphatic carbocycles. The van der Waals surface area contributed by atoms with Crippen LogP contribution in [0.3, 0.4) is 0 Å². The van der Waals surface area contributed by atoms with E-state index in [1.807, 2.05) is 0 Å². The summed E-state index contributed by atoms with van der Waals surface area (Å²) in [5.74, 6) is -2.08. The maximum atomic E-state index is 11.4. The minimum absolute atomic E-state index is 0.107. The van der Waals surface area contributed by atoms with E-state index in [2.05, 4.69) is 10.6 Å². The zero-order valence-electron chi connectivity index (χ0n) is 9.39. The second kappa shape index (κ2) is 4.81. The summed E-state index contributed by atoms with van der Waals surface area (Å²) in [6.07, 6.45) is -0.107. The summed E-state index contributed by atoms with van der Waals surface area (Å²) >= 11 is 0. The smallest absolute Gasteiger partial charge is 0.325 e. The van der Waals surface area contributed by atoms with Gasteiger partial charge in [0.2, 0.25) is 5.91 Å². The molecule has 0 spiro atoms. The molecule has 0 bridgehead atoms. The highest BCUT2D eigenvalue weighted by molar-refractivity contribution is 6.06. The Morgan fingerprint density at radius 3 is 2.47 bits per heavy atom. The zero-order valence-corrected chi connectivity index (χ0v) is 9.39. The molecule has 8 heteroatoms. The van der Waals surface area contributed by atoms with Crippen molar-refractivity contribution in [2.45, 2.75) is 25.4 Å². The molecule has 1 heterocycles. The predicted octanol–water partition coefficient (Wildman–Crippen LogP) is -1.48. The molecule has 1 rings (SSSR count). The van der Waals surface area contributed by atoms with Gasteiger partial charge in [-0.05, 0) is 6.92 Å². The van der Waals surface area contributed by atoms with Gasteiger partial charge in [0, 0.05) is 7.05 Å². The molecule has 1 aliphatic heterocycles. The Hall–Kier alpha value is -2.12. The highest BCUT2D eigenvalue weighted by atomic mass is 16.4. The number of urea groups is 1. The molecule has 0 radical (unpaired) electrons. The molecule has 0 aromatic heterocycles.